The van der Waals surface area contributed by atoms with E-state index in [4.69, 9.17) is 9.47 Å². The van der Waals surface area contributed by atoms with Crippen molar-refractivity contribution in [2.24, 2.45) is 0 Å². The van der Waals surface area contributed by atoms with E-state index in [-0.39, 0.29) is 17.0 Å². The zero-order valence-corrected chi connectivity index (χ0v) is 15.7. The van der Waals surface area contributed by atoms with Crippen LogP contribution in [0.2, 0.25) is 0 Å². The van der Waals surface area contributed by atoms with Crippen LogP contribution < -0.4 is 4.72 Å². The molecular formula is C18H27NO5S. The van der Waals surface area contributed by atoms with Gasteiger partial charge in [-0.1, -0.05) is 32.4 Å². The quantitative estimate of drug-likeness (QED) is 0.711. The van der Waals surface area contributed by atoms with E-state index < -0.39 is 16.3 Å². The number of sulfonamides is 1. The number of benzene rings is 1. The highest BCUT2D eigenvalue weighted by molar-refractivity contribution is 7.89. The van der Waals surface area contributed by atoms with E-state index >= 15 is 0 Å². The molecule has 1 aromatic carbocycles. The van der Waals surface area contributed by atoms with E-state index in [0.717, 1.165) is 31.2 Å². The van der Waals surface area contributed by atoms with Crippen molar-refractivity contribution in [3.63, 3.8) is 0 Å². The van der Waals surface area contributed by atoms with Crippen molar-refractivity contribution in [1.29, 1.82) is 0 Å². The van der Waals surface area contributed by atoms with Gasteiger partial charge in [-0.3, -0.25) is 4.79 Å². The van der Waals surface area contributed by atoms with Gasteiger partial charge >= 0.3 is 5.97 Å². The molecule has 1 saturated heterocycles. The van der Waals surface area contributed by atoms with Gasteiger partial charge in [0.2, 0.25) is 16.3 Å². The van der Waals surface area contributed by atoms with Gasteiger partial charge in [0, 0.05) is 19.4 Å². The molecule has 2 unspecified atom stereocenters. The second-order valence-electron chi connectivity index (χ2n) is 6.15. The number of ether oxygens (including phenoxy) is 2. The van der Waals surface area contributed by atoms with E-state index in [1.807, 2.05) is 6.92 Å². The Morgan fingerprint density at radius 2 is 1.96 bits per heavy atom. The molecule has 140 valence electrons. The van der Waals surface area contributed by atoms with Crippen LogP contribution in [-0.2, 0) is 24.3 Å². The van der Waals surface area contributed by atoms with Crippen LogP contribution in [0.5, 0.6) is 0 Å². The zero-order chi connectivity index (χ0) is 18.3. The first-order chi connectivity index (χ1) is 12.0. The molecule has 1 aliphatic rings. The molecule has 2 atom stereocenters. The lowest BCUT2D eigenvalue weighted by Gasteiger charge is -2.30. The average molecular weight is 369 g/mol. The van der Waals surface area contributed by atoms with Crippen LogP contribution in [0.3, 0.4) is 0 Å². The molecule has 7 heteroatoms. The molecular weight excluding hydrogens is 342 g/mol. The number of carbonyl (C=O) groups is 1. The molecule has 0 radical (unpaired) electrons. The van der Waals surface area contributed by atoms with E-state index in [0.29, 0.717) is 19.4 Å². The fraction of sp³-hybridized carbons (Fsp3) is 0.611. The second kappa shape index (κ2) is 9.31. The van der Waals surface area contributed by atoms with Gasteiger partial charge < -0.3 is 9.47 Å². The SMILES string of the molecule is CCCCC(=O)OC1CCCC(c2ccc(S(=O)(=O)NCC)cc2)O1. The Kier molecular flexibility index (Phi) is 7.40. The van der Waals surface area contributed by atoms with Crippen molar-refractivity contribution in [2.75, 3.05) is 6.54 Å². The highest BCUT2D eigenvalue weighted by atomic mass is 32.2. The highest BCUT2D eigenvalue weighted by Crippen LogP contribution is 2.32. The maximum absolute atomic E-state index is 12.0. The summed E-state index contributed by atoms with van der Waals surface area (Å²) in [5.41, 5.74) is 0.893. The molecule has 1 fully saturated rings. The summed E-state index contributed by atoms with van der Waals surface area (Å²) in [5, 5.41) is 0. The van der Waals surface area contributed by atoms with E-state index in [2.05, 4.69) is 4.72 Å². The molecule has 2 rings (SSSR count). The number of hydrogen-bond donors (Lipinski definition) is 1. The van der Waals surface area contributed by atoms with Crippen molar-refractivity contribution >= 4 is 16.0 Å². The van der Waals surface area contributed by atoms with Crippen LogP contribution in [0, 0.1) is 0 Å². The number of nitrogens with one attached hydrogen (secondary N) is 1. The predicted octanol–water partition coefficient (Wildman–Crippen LogP) is 3.29. The largest absolute Gasteiger partial charge is 0.436 e. The topological polar surface area (TPSA) is 81.7 Å². The first kappa shape index (κ1) is 19.9. The number of rotatable bonds is 8. The molecule has 1 N–H and O–H groups in total. The fourth-order valence-electron chi connectivity index (χ4n) is 2.78. The van der Waals surface area contributed by atoms with Gasteiger partial charge in [-0.25, -0.2) is 13.1 Å². The number of carbonyl (C=O) groups excluding carboxylic acids is 1. The Balaban J connectivity index is 1.98. The van der Waals surface area contributed by atoms with Crippen molar-refractivity contribution in [2.45, 2.75) is 69.7 Å². The number of unbranched alkanes of at least 4 members (excludes halogenated alkanes) is 1. The van der Waals surface area contributed by atoms with Gasteiger partial charge in [-0.05, 0) is 37.0 Å². The molecule has 0 amide bonds. The maximum atomic E-state index is 12.0. The van der Waals surface area contributed by atoms with Gasteiger partial charge in [0.25, 0.3) is 0 Å². The smallest absolute Gasteiger partial charge is 0.308 e. The average Bonchev–Trinajstić information content (AvgIpc) is 2.60. The molecule has 0 spiro atoms. The molecule has 1 heterocycles. The Labute approximate surface area is 150 Å². The number of esters is 1. The van der Waals surface area contributed by atoms with Crippen LogP contribution in [-0.4, -0.2) is 27.2 Å². The van der Waals surface area contributed by atoms with Crippen LogP contribution in [0.25, 0.3) is 0 Å². The minimum atomic E-state index is -3.45. The van der Waals surface area contributed by atoms with E-state index in [1.54, 1.807) is 31.2 Å². The second-order valence-corrected chi connectivity index (χ2v) is 7.92. The Morgan fingerprint density at radius 3 is 2.60 bits per heavy atom. The third-order valence-electron chi connectivity index (χ3n) is 4.12. The molecule has 25 heavy (non-hydrogen) atoms. The van der Waals surface area contributed by atoms with Crippen molar-refractivity contribution in [1.82, 2.24) is 4.72 Å². The van der Waals surface area contributed by atoms with Gasteiger partial charge in [0.15, 0.2) is 0 Å². The van der Waals surface area contributed by atoms with Crippen molar-refractivity contribution < 1.29 is 22.7 Å². The van der Waals surface area contributed by atoms with E-state index in [1.165, 1.54) is 0 Å². The van der Waals surface area contributed by atoms with Crippen LogP contribution in [0.15, 0.2) is 29.2 Å². The van der Waals surface area contributed by atoms with Crippen molar-refractivity contribution in [3.05, 3.63) is 29.8 Å². The van der Waals surface area contributed by atoms with Gasteiger partial charge in [0.05, 0.1) is 11.0 Å². The fourth-order valence-corrected chi connectivity index (χ4v) is 3.82. The molecule has 6 nitrogen and oxygen atoms in total. The lowest BCUT2D eigenvalue weighted by atomic mass is 10.0. The van der Waals surface area contributed by atoms with Crippen molar-refractivity contribution in [3.8, 4) is 0 Å². The predicted molar refractivity (Wildman–Crippen MR) is 94.4 cm³/mol. The molecule has 1 aliphatic heterocycles. The maximum Gasteiger partial charge on any atom is 0.308 e. The molecule has 0 saturated carbocycles. The summed E-state index contributed by atoms with van der Waals surface area (Å²) in [5.74, 6) is -0.223. The summed E-state index contributed by atoms with van der Waals surface area (Å²) < 4.78 is 37.7. The minimum Gasteiger partial charge on any atom is -0.436 e. The Bertz CT molecular complexity index is 657. The Hall–Kier alpha value is -1.44. The molecule has 0 aromatic heterocycles. The summed E-state index contributed by atoms with van der Waals surface area (Å²) in [6, 6.07) is 6.67. The van der Waals surface area contributed by atoms with Gasteiger partial charge in [-0.15, -0.1) is 0 Å². The summed E-state index contributed by atoms with van der Waals surface area (Å²) in [6.45, 7) is 4.12. The first-order valence-electron chi connectivity index (χ1n) is 8.90. The first-order valence-corrected chi connectivity index (χ1v) is 10.4. The summed E-state index contributed by atoms with van der Waals surface area (Å²) >= 11 is 0. The Morgan fingerprint density at radius 1 is 1.24 bits per heavy atom. The third-order valence-corrected chi connectivity index (χ3v) is 5.68. The lowest BCUT2D eigenvalue weighted by molar-refractivity contribution is -0.204. The highest BCUT2D eigenvalue weighted by Gasteiger charge is 2.26. The normalized spacial score (nSPS) is 21.0. The number of hydrogen-bond acceptors (Lipinski definition) is 5. The molecule has 0 bridgehead atoms. The summed E-state index contributed by atoms with van der Waals surface area (Å²) in [6.07, 6.45) is 3.89. The van der Waals surface area contributed by atoms with Crippen LogP contribution >= 0.6 is 0 Å². The summed E-state index contributed by atoms with van der Waals surface area (Å²) in [4.78, 5) is 12.0. The zero-order valence-electron chi connectivity index (χ0n) is 14.9. The minimum absolute atomic E-state index is 0.186. The molecule has 1 aromatic rings. The van der Waals surface area contributed by atoms with Crippen LogP contribution in [0.1, 0.15) is 64.0 Å². The van der Waals surface area contributed by atoms with E-state index in [9.17, 15) is 13.2 Å². The monoisotopic (exact) mass is 369 g/mol. The van der Waals surface area contributed by atoms with Crippen LogP contribution in [0.4, 0.5) is 0 Å². The third kappa shape index (κ3) is 5.80. The summed E-state index contributed by atoms with van der Waals surface area (Å²) in [7, 11) is -3.45. The van der Waals surface area contributed by atoms with Gasteiger partial charge in [-0.2, -0.15) is 0 Å². The van der Waals surface area contributed by atoms with Gasteiger partial charge in [0.1, 0.15) is 0 Å². The standard InChI is InChI=1S/C18H27NO5S/c1-3-5-8-17(20)24-18-9-6-7-16(23-18)14-10-12-15(13-11-14)25(21,22)19-4-2/h10-13,16,18-19H,3-9H2,1-2H3. The molecule has 0 aliphatic carbocycles. The lowest BCUT2D eigenvalue weighted by Crippen LogP contribution is -2.27.